The smallest absolute Gasteiger partial charge is 0.175 e. The first-order chi connectivity index (χ1) is 13.6. The summed E-state index contributed by atoms with van der Waals surface area (Å²) < 4.78 is 12.4. The number of ether oxygens (including phenoxy) is 2. The largest absolute Gasteiger partial charge is 0.493 e. The summed E-state index contributed by atoms with van der Waals surface area (Å²) in [5.41, 5.74) is 3.30. The molecule has 1 N–H and O–H groups in total. The molecule has 0 radical (unpaired) electrons. The van der Waals surface area contributed by atoms with Crippen molar-refractivity contribution in [3.8, 4) is 11.5 Å². The van der Waals surface area contributed by atoms with Gasteiger partial charge in [0.2, 0.25) is 0 Å². The van der Waals surface area contributed by atoms with Crippen LogP contribution in [0.5, 0.6) is 11.5 Å². The molecule has 0 saturated carbocycles. The first-order valence-electron chi connectivity index (χ1n) is 9.09. The molecule has 5 heteroatoms. The molecule has 0 heterocycles. The molecule has 0 saturated heterocycles. The summed E-state index contributed by atoms with van der Waals surface area (Å²) in [6.45, 7) is 3.25. The summed E-state index contributed by atoms with van der Waals surface area (Å²) in [6.07, 6.45) is 0. The van der Waals surface area contributed by atoms with Gasteiger partial charge >= 0.3 is 0 Å². The van der Waals surface area contributed by atoms with Crippen molar-refractivity contribution in [3.63, 3.8) is 0 Å². The van der Waals surface area contributed by atoms with E-state index in [1.807, 2.05) is 36.4 Å². The Morgan fingerprint density at radius 3 is 2.46 bits per heavy atom. The lowest BCUT2D eigenvalue weighted by Crippen LogP contribution is -2.18. The molecule has 0 bridgehead atoms. The van der Waals surface area contributed by atoms with Crippen LogP contribution in [0.25, 0.3) is 0 Å². The average Bonchev–Trinajstić information content (AvgIpc) is 2.72. The molecule has 0 amide bonds. The Morgan fingerprint density at radius 2 is 1.75 bits per heavy atom. The van der Waals surface area contributed by atoms with Crippen LogP contribution < -0.4 is 14.8 Å². The first kappa shape index (κ1) is 20.7. The third kappa shape index (κ3) is 5.28. The Balaban J connectivity index is 1.69. The Hall–Kier alpha value is -2.01. The van der Waals surface area contributed by atoms with Gasteiger partial charge in [0, 0.05) is 23.2 Å². The normalized spacial score (nSPS) is 11.9. The van der Waals surface area contributed by atoms with Crippen molar-refractivity contribution < 1.29 is 9.47 Å². The van der Waals surface area contributed by atoms with Gasteiger partial charge in [-0.25, -0.2) is 0 Å². The van der Waals surface area contributed by atoms with Crippen molar-refractivity contribution in [2.45, 2.75) is 26.1 Å². The van der Waals surface area contributed by atoms with Crippen LogP contribution >= 0.6 is 27.5 Å². The van der Waals surface area contributed by atoms with Crippen LogP contribution in [0.2, 0.25) is 5.02 Å². The van der Waals surface area contributed by atoms with E-state index in [2.05, 4.69) is 58.5 Å². The summed E-state index contributed by atoms with van der Waals surface area (Å²) in [7, 11) is 1.65. The molecule has 0 aliphatic rings. The van der Waals surface area contributed by atoms with Crippen molar-refractivity contribution in [1.29, 1.82) is 0 Å². The summed E-state index contributed by atoms with van der Waals surface area (Å²) >= 11 is 9.84. The van der Waals surface area contributed by atoms with Gasteiger partial charge in [-0.15, -0.1) is 0 Å². The third-order valence-electron chi connectivity index (χ3n) is 4.53. The van der Waals surface area contributed by atoms with Gasteiger partial charge in [-0.05, 0) is 52.2 Å². The Labute approximate surface area is 179 Å². The Bertz CT molecular complexity index is 918. The van der Waals surface area contributed by atoms with Crippen LogP contribution in [0.3, 0.4) is 0 Å². The van der Waals surface area contributed by atoms with Crippen molar-refractivity contribution in [3.05, 3.63) is 92.9 Å². The van der Waals surface area contributed by atoms with Crippen LogP contribution in [-0.4, -0.2) is 7.11 Å². The fraction of sp³-hybridized carbons (Fsp3) is 0.217. The molecule has 146 valence electrons. The van der Waals surface area contributed by atoms with Crippen LogP contribution in [0.4, 0.5) is 0 Å². The van der Waals surface area contributed by atoms with Crippen molar-refractivity contribution in [2.24, 2.45) is 0 Å². The molecule has 0 fully saturated rings. The minimum Gasteiger partial charge on any atom is -0.493 e. The van der Waals surface area contributed by atoms with Gasteiger partial charge in [0.25, 0.3) is 0 Å². The van der Waals surface area contributed by atoms with E-state index < -0.39 is 0 Å². The van der Waals surface area contributed by atoms with Gasteiger partial charge in [0.05, 0.1) is 11.6 Å². The van der Waals surface area contributed by atoms with Gasteiger partial charge in [0.15, 0.2) is 11.5 Å². The molecule has 0 spiro atoms. The third-order valence-corrected chi connectivity index (χ3v) is 5.49. The van der Waals surface area contributed by atoms with E-state index in [9.17, 15) is 0 Å². The van der Waals surface area contributed by atoms with Gasteiger partial charge in [0.1, 0.15) is 6.61 Å². The minimum absolute atomic E-state index is 0.252. The standard InChI is InChI=1S/C23H23BrClNO2/c1-16(18-8-4-3-5-9-18)26-14-17-12-20(24)23(22(13-17)27-2)28-15-19-10-6-7-11-21(19)25/h3-13,16,26H,14-15H2,1-2H3. The molecule has 3 aromatic rings. The highest BCUT2D eigenvalue weighted by atomic mass is 79.9. The second-order valence-electron chi connectivity index (χ2n) is 6.50. The molecular formula is C23H23BrClNO2. The van der Waals surface area contributed by atoms with E-state index in [4.69, 9.17) is 21.1 Å². The van der Waals surface area contributed by atoms with Crippen molar-refractivity contribution >= 4 is 27.5 Å². The quantitative estimate of drug-likeness (QED) is 0.414. The zero-order chi connectivity index (χ0) is 19.9. The lowest BCUT2D eigenvalue weighted by atomic mass is 10.1. The SMILES string of the molecule is COc1cc(CNC(C)c2ccccc2)cc(Br)c1OCc1ccccc1Cl. The van der Waals surface area contributed by atoms with E-state index in [1.54, 1.807) is 7.11 Å². The number of rotatable bonds is 8. The molecule has 0 aromatic heterocycles. The second-order valence-corrected chi connectivity index (χ2v) is 7.76. The molecule has 3 rings (SSSR count). The van der Waals surface area contributed by atoms with Gasteiger partial charge in [-0.2, -0.15) is 0 Å². The predicted molar refractivity (Wildman–Crippen MR) is 118 cm³/mol. The molecule has 0 aliphatic heterocycles. The zero-order valence-electron chi connectivity index (χ0n) is 15.9. The number of methoxy groups -OCH3 is 1. The highest BCUT2D eigenvalue weighted by molar-refractivity contribution is 9.10. The zero-order valence-corrected chi connectivity index (χ0v) is 18.3. The average molecular weight is 461 g/mol. The second kappa shape index (κ2) is 9.97. The van der Waals surface area contributed by atoms with Gasteiger partial charge < -0.3 is 14.8 Å². The molecule has 28 heavy (non-hydrogen) atoms. The van der Waals surface area contributed by atoms with Crippen LogP contribution in [0.1, 0.15) is 29.7 Å². The Morgan fingerprint density at radius 1 is 1.04 bits per heavy atom. The summed E-state index contributed by atoms with van der Waals surface area (Å²) in [5, 5.41) is 4.23. The lowest BCUT2D eigenvalue weighted by Gasteiger charge is -2.17. The summed E-state index contributed by atoms with van der Waals surface area (Å²) in [4.78, 5) is 0. The van der Waals surface area contributed by atoms with E-state index in [0.717, 1.165) is 22.1 Å². The maximum absolute atomic E-state index is 6.22. The highest BCUT2D eigenvalue weighted by Gasteiger charge is 2.13. The molecule has 3 nitrogen and oxygen atoms in total. The molecule has 3 aromatic carbocycles. The van der Waals surface area contributed by atoms with E-state index in [0.29, 0.717) is 23.1 Å². The number of benzene rings is 3. The van der Waals surface area contributed by atoms with Crippen molar-refractivity contribution in [1.82, 2.24) is 5.32 Å². The van der Waals surface area contributed by atoms with E-state index in [-0.39, 0.29) is 6.04 Å². The molecule has 1 atom stereocenters. The first-order valence-corrected chi connectivity index (χ1v) is 10.3. The maximum atomic E-state index is 6.22. The van der Waals surface area contributed by atoms with Gasteiger partial charge in [-0.3, -0.25) is 0 Å². The van der Waals surface area contributed by atoms with E-state index >= 15 is 0 Å². The highest BCUT2D eigenvalue weighted by Crippen LogP contribution is 2.37. The number of hydrogen-bond donors (Lipinski definition) is 1. The fourth-order valence-electron chi connectivity index (χ4n) is 2.91. The van der Waals surface area contributed by atoms with Crippen molar-refractivity contribution in [2.75, 3.05) is 7.11 Å². The predicted octanol–water partition coefficient (Wildman–Crippen LogP) is 6.54. The van der Waals surface area contributed by atoms with E-state index in [1.165, 1.54) is 5.56 Å². The number of halogens is 2. The number of nitrogens with one attached hydrogen (secondary N) is 1. The summed E-state index contributed by atoms with van der Waals surface area (Å²) in [5.74, 6) is 1.35. The van der Waals surface area contributed by atoms with Crippen LogP contribution in [0, 0.1) is 0 Å². The fourth-order valence-corrected chi connectivity index (χ4v) is 3.71. The molecule has 0 aliphatic carbocycles. The van der Waals surface area contributed by atoms with Gasteiger partial charge in [-0.1, -0.05) is 60.1 Å². The van der Waals surface area contributed by atoms with Crippen LogP contribution in [-0.2, 0) is 13.2 Å². The monoisotopic (exact) mass is 459 g/mol. The number of hydrogen-bond acceptors (Lipinski definition) is 3. The topological polar surface area (TPSA) is 30.5 Å². The minimum atomic E-state index is 0.252. The van der Waals surface area contributed by atoms with Crippen LogP contribution in [0.15, 0.2) is 71.2 Å². The molecular weight excluding hydrogens is 438 g/mol. The summed E-state index contributed by atoms with van der Waals surface area (Å²) in [6, 6.07) is 22.3. The Kier molecular flexibility index (Phi) is 7.37. The molecule has 1 unspecified atom stereocenters. The maximum Gasteiger partial charge on any atom is 0.175 e. The lowest BCUT2D eigenvalue weighted by molar-refractivity contribution is 0.282.